The van der Waals surface area contributed by atoms with Crippen molar-refractivity contribution in [3.63, 3.8) is 0 Å². The molecule has 0 bridgehead atoms. The fourth-order valence-corrected chi connectivity index (χ4v) is 2.65. The van der Waals surface area contributed by atoms with Gasteiger partial charge >= 0.3 is 0 Å². The fourth-order valence-electron chi connectivity index (χ4n) is 2.65. The summed E-state index contributed by atoms with van der Waals surface area (Å²) in [5.41, 5.74) is 11.1. The Bertz CT molecular complexity index is 558. The molecule has 0 spiro atoms. The predicted molar refractivity (Wildman–Crippen MR) is 90.0 cm³/mol. The van der Waals surface area contributed by atoms with Crippen LogP contribution in [-0.4, -0.2) is 6.54 Å². The number of anilines is 1. The van der Waals surface area contributed by atoms with E-state index in [0.29, 0.717) is 6.54 Å². The molecule has 0 amide bonds. The van der Waals surface area contributed by atoms with E-state index >= 15 is 0 Å². The smallest absolute Gasteiger partial charge is 0.0429 e. The first-order valence-corrected chi connectivity index (χ1v) is 6.47. The van der Waals surface area contributed by atoms with Crippen LogP contribution in [0, 0.1) is 0 Å². The highest BCUT2D eigenvalue weighted by molar-refractivity contribution is 5.85. The van der Waals surface area contributed by atoms with Gasteiger partial charge < -0.3 is 10.6 Å². The molecule has 108 valence electrons. The molecule has 2 N–H and O–H groups in total. The van der Waals surface area contributed by atoms with Gasteiger partial charge in [-0.2, -0.15) is 0 Å². The Labute approximate surface area is 132 Å². The third-order valence-electron chi connectivity index (χ3n) is 3.58. The van der Waals surface area contributed by atoms with Gasteiger partial charge in [-0.15, -0.1) is 24.8 Å². The number of hydrogen-bond donors (Lipinski definition) is 1. The molecule has 4 heteroatoms. The van der Waals surface area contributed by atoms with Gasteiger partial charge in [0.25, 0.3) is 0 Å². The van der Waals surface area contributed by atoms with Gasteiger partial charge in [0.15, 0.2) is 0 Å². The van der Waals surface area contributed by atoms with E-state index in [1.54, 1.807) is 0 Å². The number of nitrogens with zero attached hydrogens (tertiary/aromatic N) is 1. The molecule has 1 aliphatic heterocycles. The van der Waals surface area contributed by atoms with E-state index in [1.165, 1.54) is 22.4 Å². The standard InChI is InChI=1S/C16H18N2.2ClH/c17-11-13-4-3-5-14(10-13)12-18-9-8-15-6-1-2-7-16(15)18;;/h1-7,10H,8-9,11-12,17H2;2*1H. The maximum absolute atomic E-state index is 5.69. The molecule has 0 saturated heterocycles. The number of halogens is 2. The first-order chi connectivity index (χ1) is 8.86. The second-order valence-electron chi connectivity index (χ2n) is 4.82. The lowest BCUT2D eigenvalue weighted by Crippen LogP contribution is -2.19. The lowest BCUT2D eigenvalue weighted by molar-refractivity contribution is 0.834. The van der Waals surface area contributed by atoms with Crippen molar-refractivity contribution in [2.45, 2.75) is 19.5 Å². The molecule has 2 aromatic carbocycles. The van der Waals surface area contributed by atoms with Gasteiger partial charge in [0.1, 0.15) is 0 Å². The second kappa shape index (κ2) is 7.53. The quantitative estimate of drug-likeness (QED) is 0.939. The van der Waals surface area contributed by atoms with Gasteiger partial charge in [0.2, 0.25) is 0 Å². The zero-order valence-electron chi connectivity index (χ0n) is 11.3. The van der Waals surface area contributed by atoms with Crippen molar-refractivity contribution in [2.24, 2.45) is 5.73 Å². The van der Waals surface area contributed by atoms with Gasteiger partial charge in [0.05, 0.1) is 0 Å². The number of hydrogen-bond acceptors (Lipinski definition) is 2. The molecule has 0 radical (unpaired) electrons. The molecule has 0 fully saturated rings. The molecular formula is C16H20Cl2N2. The van der Waals surface area contributed by atoms with E-state index in [-0.39, 0.29) is 24.8 Å². The number of nitrogens with two attached hydrogens (primary N) is 1. The number of para-hydroxylation sites is 1. The first-order valence-electron chi connectivity index (χ1n) is 6.47. The summed E-state index contributed by atoms with van der Waals surface area (Å²) in [7, 11) is 0. The lowest BCUT2D eigenvalue weighted by atomic mass is 10.1. The molecule has 1 aliphatic rings. The van der Waals surface area contributed by atoms with Gasteiger partial charge in [-0.3, -0.25) is 0 Å². The van der Waals surface area contributed by atoms with E-state index in [0.717, 1.165) is 19.5 Å². The van der Waals surface area contributed by atoms with Gasteiger partial charge in [-0.25, -0.2) is 0 Å². The molecule has 0 atom stereocenters. The summed E-state index contributed by atoms with van der Waals surface area (Å²) in [5.74, 6) is 0. The molecule has 20 heavy (non-hydrogen) atoms. The van der Waals surface area contributed by atoms with E-state index in [1.807, 2.05) is 0 Å². The summed E-state index contributed by atoms with van der Waals surface area (Å²) in [5, 5.41) is 0. The zero-order chi connectivity index (χ0) is 12.4. The minimum atomic E-state index is 0. The molecule has 0 aliphatic carbocycles. The topological polar surface area (TPSA) is 29.3 Å². The predicted octanol–water partition coefficient (Wildman–Crippen LogP) is 3.55. The van der Waals surface area contributed by atoms with Gasteiger partial charge in [-0.05, 0) is 29.2 Å². The highest BCUT2D eigenvalue weighted by Gasteiger charge is 2.17. The fraction of sp³-hybridized carbons (Fsp3) is 0.250. The molecule has 1 heterocycles. The number of fused-ring (bicyclic) bond motifs is 1. The minimum Gasteiger partial charge on any atom is -0.367 e. The molecule has 2 aromatic rings. The number of rotatable bonds is 3. The molecule has 0 aromatic heterocycles. The Morgan fingerprint density at radius 3 is 2.50 bits per heavy atom. The summed E-state index contributed by atoms with van der Waals surface area (Å²) in [6, 6.07) is 17.3. The second-order valence-corrected chi connectivity index (χ2v) is 4.82. The van der Waals surface area contributed by atoms with Crippen LogP contribution in [0.4, 0.5) is 5.69 Å². The van der Waals surface area contributed by atoms with Crippen LogP contribution < -0.4 is 10.6 Å². The first kappa shape index (κ1) is 16.8. The molecule has 2 nitrogen and oxygen atoms in total. The van der Waals surface area contributed by atoms with E-state index in [9.17, 15) is 0 Å². The number of benzene rings is 2. The van der Waals surface area contributed by atoms with Crippen LogP contribution >= 0.6 is 24.8 Å². The van der Waals surface area contributed by atoms with Crippen LogP contribution in [0.1, 0.15) is 16.7 Å². The van der Waals surface area contributed by atoms with E-state index in [4.69, 9.17) is 5.73 Å². The third-order valence-corrected chi connectivity index (χ3v) is 3.58. The van der Waals surface area contributed by atoms with Crippen molar-refractivity contribution in [3.8, 4) is 0 Å². The van der Waals surface area contributed by atoms with Crippen molar-refractivity contribution >= 4 is 30.5 Å². The van der Waals surface area contributed by atoms with Crippen LogP contribution in [0.3, 0.4) is 0 Å². The van der Waals surface area contributed by atoms with Gasteiger partial charge in [-0.1, -0.05) is 42.5 Å². The van der Waals surface area contributed by atoms with Crippen LogP contribution in [0.2, 0.25) is 0 Å². The molecule has 0 unspecified atom stereocenters. The molecule has 3 rings (SSSR count). The maximum atomic E-state index is 5.69. The Balaban J connectivity index is 0.000001000. The van der Waals surface area contributed by atoms with E-state index < -0.39 is 0 Å². The SMILES string of the molecule is Cl.Cl.NCc1cccc(CN2CCc3ccccc32)c1. The van der Waals surface area contributed by atoms with Crippen LogP contribution in [0.15, 0.2) is 48.5 Å². The summed E-state index contributed by atoms with van der Waals surface area (Å²) >= 11 is 0. The third kappa shape index (κ3) is 3.45. The van der Waals surface area contributed by atoms with Crippen molar-refractivity contribution < 1.29 is 0 Å². The highest BCUT2D eigenvalue weighted by Crippen LogP contribution is 2.28. The van der Waals surface area contributed by atoms with Crippen molar-refractivity contribution in [3.05, 3.63) is 65.2 Å². The van der Waals surface area contributed by atoms with Crippen LogP contribution in [-0.2, 0) is 19.5 Å². The van der Waals surface area contributed by atoms with E-state index in [2.05, 4.69) is 53.4 Å². The summed E-state index contributed by atoms with van der Waals surface area (Å²) in [6.45, 7) is 2.71. The van der Waals surface area contributed by atoms with Gasteiger partial charge in [0, 0.05) is 25.3 Å². The summed E-state index contributed by atoms with van der Waals surface area (Å²) in [6.07, 6.45) is 1.16. The highest BCUT2D eigenvalue weighted by atomic mass is 35.5. The summed E-state index contributed by atoms with van der Waals surface area (Å²) in [4.78, 5) is 2.45. The Hall–Kier alpha value is -1.22. The van der Waals surface area contributed by atoms with Crippen molar-refractivity contribution in [1.29, 1.82) is 0 Å². The Morgan fingerprint density at radius 2 is 1.70 bits per heavy atom. The minimum absolute atomic E-state index is 0. The average Bonchev–Trinajstić information content (AvgIpc) is 2.83. The average molecular weight is 311 g/mol. The van der Waals surface area contributed by atoms with Crippen LogP contribution in [0.5, 0.6) is 0 Å². The largest absolute Gasteiger partial charge is 0.367 e. The maximum Gasteiger partial charge on any atom is 0.0429 e. The lowest BCUT2D eigenvalue weighted by Gasteiger charge is -2.19. The molecular weight excluding hydrogens is 291 g/mol. The Morgan fingerprint density at radius 1 is 0.950 bits per heavy atom. The monoisotopic (exact) mass is 310 g/mol. The van der Waals surface area contributed by atoms with Crippen molar-refractivity contribution in [1.82, 2.24) is 0 Å². The summed E-state index contributed by atoms with van der Waals surface area (Å²) < 4.78 is 0. The van der Waals surface area contributed by atoms with Crippen LogP contribution in [0.25, 0.3) is 0 Å². The normalized spacial score (nSPS) is 12.3. The molecule has 0 saturated carbocycles. The zero-order valence-corrected chi connectivity index (χ0v) is 12.9. The van der Waals surface area contributed by atoms with Crippen molar-refractivity contribution in [2.75, 3.05) is 11.4 Å². The Kier molecular flexibility index (Phi) is 6.34.